The quantitative estimate of drug-likeness (QED) is 0.431. The molecular formula is C21H19N3O6. The molecule has 0 saturated carbocycles. The fraction of sp³-hybridized carbons (Fsp3) is 0.143. The average molecular weight is 409 g/mol. The summed E-state index contributed by atoms with van der Waals surface area (Å²) in [4.78, 5) is 35.8. The van der Waals surface area contributed by atoms with Crippen LogP contribution in [0.25, 0.3) is 0 Å². The van der Waals surface area contributed by atoms with Crippen LogP contribution in [0, 0.1) is 10.1 Å². The zero-order valence-corrected chi connectivity index (χ0v) is 16.1. The van der Waals surface area contributed by atoms with Gasteiger partial charge in [0.15, 0.2) is 5.75 Å². The molecule has 3 aromatic rings. The average Bonchev–Trinajstić information content (AvgIpc) is 3.26. The molecule has 3 rings (SSSR count). The summed E-state index contributed by atoms with van der Waals surface area (Å²) in [5.41, 5.74) is 0.277. The Morgan fingerprint density at radius 2 is 1.90 bits per heavy atom. The lowest BCUT2D eigenvalue weighted by molar-refractivity contribution is -0.385. The number of nitro groups is 1. The van der Waals surface area contributed by atoms with E-state index in [9.17, 15) is 19.7 Å². The maximum Gasteiger partial charge on any atom is 0.311 e. The van der Waals surface area contributed by atoms with Crippen molar-refractivity contribution in [3.63, 3.8) is 0 Å². The zero-order valence-electron chi connectivity index (χ0n) is 16.1. The first-order valence-electron chi connectivity index (χ1n) is 9.11. The van der Waals surface area contributed by atoms with Crippen LogP contribution in [-0.4, -0.2) is 23.3 Å². The molecule has 2 aromatic carbocycles. The molecule has 0 aliphatic heterocycles. The van der Waals surface area contributed by atoms with Gasteiger partial charge < -0.3 is 19.8 Å². The molecule has 0 unspecified atom stereocenters. The molecule has 1 aromatic heterocycles. The molecule has 0 fully saturated rings. The Kier molecular flexibility index (Phi) is 6.43. The van der Waals surface area contributed by atoms with E-state index in [0.29, 0.717) is 5.76 Å². The number of benzene rings is 2. The summed E-state index contributed by atoms with van der Waals surface area (Å²) in [6, 6.07) is 13.8. The van der Waals surface area contributed by atoms with Crippen molar-refractivity contribution in [1.29, 1.82) is 0 Å². The predicted octanol–water partition coefficient (Wildman–Crippen LogP) is 3.77. The van der Waals surface area contributed by atoms with Gasteiger partial charge in [-0.05, 0) is 43.3 Å². The second-order valence-electron chi connectivity index (χ2n) is 6.13. The van der Waals surface area contributed by atoms with Crippen LogP contribution in [0.2, 0.25) is 0 Å². The third kappa shape index (κ3) is 4.82. The Hall–Kier alpha value is -4.14. The Bertz CT molecular complexity index is 1060. The van der Waals surface area contributed by atoms with Crippen LogP contribution in [0.1, 0.15) is 33.4 Å². The lowest BCUT2D eigenvalue weighted by atomic mass is 10.1. The maximum atomic E-state index is 12.7. The Labute approximate surface area is 171 Å². The number of carbonyl (C=O) groups excluding carboxylic acids is 2. The molecule has 0 spiro atoms. The zero-order chi connectivity index (χ0) is 21.5. The van der Waals surface area contributed by atoms with E-state index in [2.05, 4.69) is 10.6 Å². The number of hydrogen-bond donors (Lipinski definition) is 2. The second-order valence-corrected chi connectivity index (χ2v) is 6.13. The van der Waals surface area contributed by atoms with Gasteiger partial charge in [0.05, 0.1) is 35.6 Å². The molecule has 9 nitrogen and oxygen atoms in total. The third-order valence-corrected chi connectivity index (χ3v) is 4.14. The fourth-order valence-electron chi connectivity index (χ4n) is 2.74. The minimum absolute atomic E-state index is 0.0657. The standard InChI is InChI=1S/C21H19N3O6/c1-2-29-19-10-9-14(12-18(19)24(27)28)20(25)23-17-8-4-3-7-16(17)21(26)22-13-15-6-5-11-30-15/h3-12H,2,13H2,1H3,(H,22,26)(H,23,25). The van der Waals surface area contributed by atoms with Gasteiger partial charge in [0, 0.05) is 11.6 Å². The van der Waals surface area contributed by atoms with Crippen molar-refractivity contribution in [3.05, 3.63) is 87.9 Å². The molecular weight excluding hydrogens is 390 g/mol. The van der Waals surface area contributed by atoms with Gasteiger partial charge in [0.2, 0.25) is 0 Å². The number of rotatable bonds is 8. The van der Waals surface area contributed by atoms with Crippen molar-refractivity contribution in [2.24, 2.45) is 0 Å². The number of nitrogens with one attached hydrogen (secondary N) is 2. The van der Waals surface area contributed by atoms with Gasteiger partial charge in [-0.15, -0.1) is 0 Å². The number of ether oxygens (including phenoxy) is 1. The van der Waals surface area contributed by atoms with Gasteiger partial charge in [-0.25, -0.2) is 0 Å². The molecule has 30 heavy (non-hydrogen) atoms. The van der Waals surface area contributed by atoms with Crippen LogP contribution >= 0.6 is 0 Å². The maximum absolute atomic E-state index is 12.7. The monoisotopic (exact) mass is 409 g/mol. The molecule has 0 aliphatic carbocycles. The normalized spacial score (nSPS) is 10.3. The minimum atomic E-state index is -0.613. The van der Waals surface area contributed by atoms with Crippen molar-refractivity contribution in [2.75, 3.05) is 11.9 Å². The van der Waals surface area contributed by atoms with Crippen molar-refractivity contribution >= 4 is 23.2 Å². The molecule has 0 radical (unpaired) electrons. The number of nitrogens with zero attached hydrogens (tertiary/aromatic N) is 1. The second kappa shape index (κ2) is 9.37. The van der Waals surface area contributed by atoms with Crippen LogP contribution in [-0.2, 0) is 6.54 Å². The molecule has 0 saturated heterocycles. The summed E-state index contributed by atoms with van der Waals surface area (Å²) in [6.07, 6.45) is 1.51. The number of amides is 2. The van der Waals surface area contributed by atoms with Crippen molar-refractivity contribution in [3.8, 4) is 5.75 Å². The smallest absolute Gasteiger partial charge is 0.311 e. The van der Waals surface area contributed by atoms with E-state index in [4.69, 9.17) is 9.15 Å². The first kappa shape index (κ1) is 20.6. The minimum Gasteiger partial charge on any atom is -0.487 e. The Morgan fingerprint density at radius 1 is 1.10 bits per heavy atom. The van der Waals surface area contributed by atoms with Gasteiger partial charge in [-0.3, -0.25) is 19.7 Å². The summed E-state index contributed by atoms with van der Waals surface area (Å²) < 4.78 is 10.4. The summed E-state index contributed by atoms with van der Waals surface area (Å²) in [7, 11) is 0. The number of nitro benzene ring substituents is 1. The topological polar surface area (TPSA) is 124 Å². The number of furan rings is 1. The molecule has 9 heteroatoms. The highest BCUT2D eigenvalue weighted by molar-refractivity contribution is 6.09. The first-order chi connectivity index (χ1) is 14.5. The van der Waals surface area contributed by atoms with E-state index in [1.807, 2.05) is 0 Å². The highest BCUT2D eigenvalue weighted by atomic mass is 16.6. The van der Waals surface area contributed by atoms with Crippen LogP contribution in [0.3, 0.4) is 0 Å². The lowest BCUT2D eigenvalue weighted by Crippen LogP contribution is -2.24. The van der Waals surface area contributed by atoms with E-state index in [0.717, 1.165) is 6.07 Å². The molecule has 0 aliphatic rings. The summed E-state index contributed by atoms with van der Waals surface area (Å²) in [6.45, 7) is 2.16. The Morgan fingerprint density at radius 3 is 2.60 bits per heavy atom. The highest BCUT2D eigenvalue weighted by Crippen LogP contribution is 2.28. The van der Waals surface area contributed by atoms with Gasteiger partial charge in [0.25, 0.3) is 11.8 Å². The summed E-state index contributed by atoms with van der Waals surface area (Å²) in [5, 5.41) is 16.6. The van der Waals surface area contributed by atoms with E-state index in [-0.39, 0.29) is 41.4 Å². The molecule has 154 valence electrons. The third-order valence-electron chi connectivity index (χ3n) is 4.14. The van der Waals surface area contributed by atoms with E-state index < -0.39 is 16.7 Å². The number of hydrogen-bond acceptors (Lipinski definition) is 6. The molecule has 0 bridgehead atoms. The van der Waals surface area contributed by atoms with E-state index >= 15 is 0 Å². The molecule has 0 atom stereocenters. The van der Waals surface area contributed by atoms with Crippen LogP contribution < -0.4 is 15.4 Å². The van der Waals surface area contributed by atoms with Crippen molar-refractivity contribution in [2.45, 2.75) is 13.5 Å². The number of carbonyl (C=O) groups is 2. The van der Waals surface area contributed by atoms with E-state index in [1.54, 1.807) is 43.3 Å². The SMILES string of the molecule is CCOc1ccc(C(=O)Nc2ccccc2C(=O)NCc2ccco2)cc1[N+](=O)[O-]. The lowest BCUT2D eigenvalue weighted by Gasteiger charge is -2.11. The number of para-hydroxylation sites is 1. The molecule has 2 N–H and O–H groups in total. The van der Waals surface area contributed by atoms with Crippen molar-refractivity contribution < 1.29 is 23.7 Å². The van der Waals surface area contributed by atoms with Crippen LogP contribution in [0.5, 0.6) is 5.75 Å². The van der Waals surface area contributed by atoms with Crippen LogP contribution in [0.4, 0.5) is 11.4 Å². The Balaban J connectivity index is 1.78. The van der Waals surface area contributed by atoms with Crippen molar-refractivity contribution in [1.82, 2.24) is 5.32 Å². The van der Waals surface area contributed by atoms with Gasteiger partial charge in [-0.2, -0.15) is 0 Å². The largest absolute Gasteiger partial charge is 0.487 e. The fourth-order valence-corrected chi connectivity index (χ4v) is 2.74. The summed E-state index contributed by atoms with van der Waals surface area (Å²) >= 11 is 0. The van der Waals surface area contributed by atoms with Gasteiger partial charge >= 0.3 is 5.69 Å². The predicted molar refractivity (Wildman–Crippen MR) is 109 cm³/mol. The highest BCUT2D eigenvalue weighted by Gasteiger charge is 2.20. The molecule has 2 amide bonds. The van der Waals surface area contributed by atoms with Gasteiger partial charge in [-0.1, -0.05) is 12.1 Å². The molecule has 1 heterocycles. The first-order valence-corrected chi connectivity index (χ1v) is 9.11. The van der Waals surface area contributed by atoms with Crippen LogP contribution in [0.15, 0.2) is 65.3 Å². The number of anilines is 1. The van der Waals surface area contributed by atoms with E-state index in [1.165, 1.54) is 18.4 Å². The van der Waals surface area contributed by atoms with Gasteiger partial charge in [0.1, 0.15) is 5.76 Å². The summed E-state index contributed by atoms with van der Waals surface area (Å²) in [5.74, 6) is -0.323.